The SMILES string of the molecule is COc1cccc(OC)c1CNC(=O)CN(Cc1ccccc1)S(=O)(=O)c1ccc(F)cc1. The average molecular weight is 473 g/mol. The van der Waals surface area contributed by atoms with E-state index < -0.39 is 28.3 Å². The Bertz CT molecular complexity index is 1160. The number of nitrogens with zero attached hydrogens (tertiary/aromatic N) is 1. The first-order valence-electron chi connectivity index (χ1n) is 10.1. The topological polar surface area (TPSA) is 84.9 Å². The van der Waals surface area contributed by atoms with Crippen LogP contribution in [0.25, 0.3) is 0 Å². The second-order valence-electron chi connectivity index (χ2n) is 7.13. The molecule has 0 aromatic heterocycles. The molecule has 0 bridgehead atoms. The first kappa shape index (κ1) is 24.2. The largest absolute Gasteiger partial charge is 0.496 e. The third kappa shape index (κ3) is 6.09. The molecular weight excluding hydrogens is 447 g/mol. The summed E-state index contributed by atoms with van der Waals surface area (Å²) >= 11 is 0. The number of methoxy groups -OCH3 is 2. The molecule has 0 radical (unpaired) electrons. The van der Waals surface area contributed by atoms with Crippen LogP contribution in [0, 0.1) is 5.82 Å². The first-order chi connectivity index (χ1) is 15.8. The molecule has 3 aromatic rings. The normalized spacial score (nSPS) is 11.3. The van der Waals surface area contributed by atoms with Gasteiger partial charge in [0.2, 0.25) is 15.9 Å². The smallest absolute Gasteiger partial charge is 0.243 e. The van der Waals surface area contributed by atoms with Crippen molar-refractivity contribution < 1.29 is 27.1 Å². The average Bonchev–Trinajstić information content (AvgIpc) is 2.83. The van der Waals surface area contributed by atoms with Gasteiger partial charge in [0.25, 0.3) is 0 Å². The van der Waals surface area contributed by atoms with E-state index in [9.17, 15) is 17.6 Å². The van der Waals surface area contributed by atoms with Gasteiger partial charge in [0.1, 0.15) is 17.3 Å². The summed E-state index contributed by atoms with van der Waals surface area (Å²) in [6.45, 7) is -0.361. The van der Waals surface area contributed by atoms with E-state index in [4.69, 9.17) is 9.47 Å². The second-order valence-corrected chi connectivity index (χ2v) is 9.07. The molecule has 0 heterocycles. The first-order valence-corrected chi connectivity index (χ1v) is 11.6. The number of carbonyl (C=O) groups excluding carboxylic acids is 1. The van der Waals surface area contributed by atoms with Crippen molar-refractivity contribution in [1.29, 1.82) is 0 Å². The van der Waals surface area contributed by atoms with Crippen molar-refractivity contribution in [2.75, 3.05) is 20.8 Å². The highest BCUT2D eigenvalue weighted by atomic mass is 32.2. The maximum Gasteiger partial charge on any atom is 0.243 e. The molecule has 0 unspecified atom stereocenters. The van der Waals surface area contributed by atoms with E-state index in [1.807, 2.05) is 6.07 Å². The Hall–Kier alpha value is -3.43. The Morgan fingerprint density at radius 3 is 2.09 bits per heavy atom. The quantitative estimate of drug-likeness (QED) is 0.489. The van der Waals surface area contributed by atoms with Crippen molar-refractivity contribution in [2.24, 2.45) is 0 Å². The number of nitrogens with one attached hydrogen (secondary N) is 1. The van der Waals surface area contributed by atoms with Gasteiger partial charge in [-0.25, -0.2) is 12.8 Å². The molecule has 0 saturated carbocycles. The molecule has 0 aliphatic rings. The lowest BCUT2D eigenvalue weighted by Crippen LogP contribution is -2.40. The van der Waals surface area contributed by atoms with E-state index in [-0.39, 0.29) is 18.0 Å². The van der Waals surface area contributed by atoms with Crippen molar-refractivity contribution in [1.82, 2.24) is 9.62 Å². The van der Waals surface area contributed by atoms with Gasteiger partial charge in [-0.15, -0.1) is 0 Å². The number of halogens is 1. The number of benzene rings is 3. The number of hydrogen-bond donors (Lipinski definition) is 1. The van der Waals surface area contributed by atoms with Crippen molar-refractivity contribution in [3.05, 3.63) is 89.7 Å². The third-order valence-electron chi connectivity index (χ3n) is 4.97. The summed E-state index contributed by atoms with van der Waals surface area (Å²) in [6, 6.07) is 18.7. The number of rotatable bonds is 10. The number of amides is 1. The summed E-state index contributed by atoms with van der Waals surface area (Å²) in [5.74, 6) is 0.0149. The number of hydrogen-bond acceptors (Lipinski definition) is 5. The van der Waals surface area contributed by atoms with Gasteiger partial charge in [0.05, 0.1) is 37.8 Å². The van der Waals surface area contributed by atoms with Crippen LogP contribution in [-0.2, 0) is 27.9 Å². The number of sulfonamides is 1. The Morgan fingerprint density at radius 2 is 1.52 bits per heavy atom. The Morgan fingerprint density at radius 1 is 0.909 bits per heavy atom. The molecule has 0 fully saturated rings. The number of carbonyl (C=O) groups is 1. The fourth-order valence-corrected chi connectivity index (χ4v) is 4.66. The fourth-order valence-electron chi connectivity index (χ4n) is 3.27. The van der Waals surface area contributed by atoms with Crippen LogP contribution in [0.2, 0.25) is 0 Å². The summed E-state index contributed by atoms with van der Waals surface area (Å²) in [6.07, 6.45) is 0. The van der Waals surface area contributed by atoms with E-state index in [1.165, 1.54) is 26.4 Å². The van der Waals surface area contributed by atoms with Gasteiger partial charge >= 0.3 is 0 Å². The van der Waals surface area contributed by atoms with E-state index in [2.05, 4.69) is 5.32 Å². The summed E-state index contributed by atoms with van der Waals surface area (Å²) in [5, 5.41) is 2.73. The molecule has 7 nitrogen and oxygen atoms in total. The molecule has 3 rings (SSSR count). The highest BCUT2D eigenvalue weighted by molar-refractivity contribution is 7.89. The van der Waals surface area contributed by atoms with Crippen LogP contribution >= 0.6 is 0 Å². The Kier molecular flexibility index (Phi) is 8.02. The van der Waals surface area contributed by atoms with Crippen LogP contribution in [0.1, 0.15) is 11.1 Å². The zero-order valence-corrected chi connectivity index (χ0v) is 19.1. The maximum absolute atomic E-state index is 13.3. The van der Waals surface area contributed by atoms with Crippen LogP contribution in [0.5, 0.6) is 11.5 Å². The molecule has 1 amide bonds. The highest BCUT2D eigenvalue weighted by Gasteiger charge is 2.27. The van der Waals surface area contributed by atoms with Gasteiger partial charge in [-0.2, -0.15) is 4.31 Å². The molecule has 0 aliphatic heterocycles. The van der Waals surface area contributed by atoms with Crippen molar-refractivity contribution in [2.45, 2.75) is 18.0 Å². The van der Waals surface area contributed by atoms with Crippen LogP contribution in [0.3, 0.4) is 0 Å². The van der Waals surface area contributed by atoms with Crippen LogP contribution in [0.4, 0.5) is 4.39 Å². The molecule has 174 valence electrons. The minimum absolute atomic E-state index is 0.0219. The Balaban J connectivity index is 1.81. The van der Waals surface area contributed by atoms with E-state index in [0.717, 1.165) is 16.4 Å². The van der Waals surface area contributed by atoms with Crippen LogP contribution in [-0.4, -0.2) is 39.4 Å². The third-order valence-corrected chi connectivity index (χ3v) is 6.77. The highest BCUT2D eigenvalue weighted by Crippen LogP contribution is 2.28. The van der Waals surface area contributed by atoms with E-state index in [1.54, 1.807) is 42.5 Å². The Labute approximate surface area is 192 Å². The lowest BCUT2D eigenvalue weighted by Gasteiger charge is -2.22. The van der Waals surface area contributed by atoms with E-state index in [0.29, 0.717) is 22.6 Å². The second kappa shape index (κ2) is 10.9. The van der Waals surface area contributed by atoms with Crippen LogP contribution < -0.4 is 14.8 Å². The van der Waals surface area contributed by atoms with Crippen molar-refractivity contribution in [3.8, 4) is 11.5 Å². The summed E-state index contributed by atoms with van der Waals surface area (Å²) in [5.41, 5.74) is 1.34. The zero-order valence-electron chi connectivity index (χ0n) is 18.3. The van der Waals surface area contributed by atoms with Gasteiger partial charge in [-0.3, -0.25) is 4.79 Å². The zero-order chi connectivity index (χ0) is 23.8. The molecule has 1 N–H and O–H groups in total. The van der Waals surface area contributed by atoms with Crippen molar-refractivity contribution >= 4 is 15.9 Å². The number of ether oxygens (including phenoxy) is 2. The molecule has 9 heteroatoms. The minimum atomic E-state index is -4.06. The molecule has 0 atom stereocenters. The summed E-state index contributed by atoms with van der Waals surface area (Å²) in [7, 11) is -1.04. The van der Waals surface area contributed by atoms with E-state index >= 15 is 0 Å². The molecule has 0 saturated heterocycles. The van der Waals surface area contributed by atoms with Gasteiger partial charge in [0.15, 0.2) is 0 Å². The van der Waals surface area contributed by atoms with Crippen molar-refractivity contribution in [3.63, 3.8) is 0 Å². The fraction of sp³-hybridized carbons (Fsp3) is 0.208. The summed E-state index contributed by atoms with van der Waals surface area (Å²) in [4.78, 5) is 12.7. The molecular formula is C24H25FN2O5S. The standard InChI is InChI=1S/C24H25FN2O5S/c1-31-22-9-6-10-23(32-2)21(22)15-26-24(28)17-27(16-18-7-4-3-5-8-18)33(29,30)20-13-11-19(25)12-14-20/h3-14H,15-17H2,1-2H3,(H,26,28). The lowest BCUT2D eigenvalue weighted by atomic mass is 10.1. The van der Waals surface area contributed by atoms with Gasteiger partial charge < -0.3 is 14.8 Å². The molecule has 33 heavy (non-hydrogen) atoms. The molecule has 0 aliphatic carbocycles. The summed E-state index contributed by atoms with van der Waals surface area (Å²) < 4.78 is 51.5. The monoisotopic (exact) mass is 472 g/mol. The van der Waals surface area contributed by atoms with Gasteiger partial charge in [0, 0.05) is 6.54 Å². The lowest BCUT2D eigenvalue weighted by molar-refractivity contribution is -0.121. The minimum Gasteiger partial charge on any atom is -0.496 e. The predicted molar refractivity (Wildman–Crippen MR) is 122 cm³/mol. The van der Waals surface area contributed by atoms with Gasteiger partial charge in [-0.05, 0) is 42.0 Å². The maximum atomic E-state index is 13.3. The molecule has 3 aromatic carbocycles. The van der Waals surface area contributed by atoms with Gasteiger partial charge in [-0.1, -0.05) is 36.4 Å². The molecule has 0 spiro atoms. The van der Waals surface area contributed by atoms with Crippen LogP contribution in [0.15, 0.2) is 77.7 Å². The predicted octanol–water partition coefficient (Wildman–Crippen LogP) is 3.35.